The monoisotopic (exact) mass is 422 g/mol. The molecule has 1 aromatic carbocycles. The molecule has 0 radical (unpaired) electrons. The van der Waals surface area contributed by atoms with Gasteiger partial charge < -0.3 is 19.5 Å². The molecule has 0 atom stereocenters. The van der Waals surface area contributed by atoms with E-state index in [1.165, 1.54) is 4.90 Å². The lowest BCUT2D eigenvalue weighted by Gasteiger charge is -2.18. The second-order valence-electron chi connectivity index (χ2n) is 7.80. The van der Waals surface area contributed by atoms with E-state index in [9.17, 15) is 9.59 Å². The summed E-state index contributed by atoms with van der Waals surface area (Å²) in [5.41, 5.74) is 3.07. The van der Waals surface area contributed by atoms with Gasteiger partial charge in [-0.25, -0.2) is 4.98 Å². The maximum atomic E-state index is 13.4. The van der Waals surface area contributed by atoms with Crippen LogP contribution in [0.15, 0.2) is 40.9 Å². The van der Waals surface area contributed by atoms with Gasteiger partial charge in [0, 0.05) is 44.5 Å². The van der Waals surface area contributed by atoms with Gasteiger partial charge in [0.25, 0.3) is 11.6 Å². The van der Waals surface area contributed by atoms with Crippen molar-refractivity contribution in [2.45, 2.75) is 25.2 Å². The Morgan fingerprint density at radius 2 is 2.03 bits per heavy atom. The summed E-state index contributed by atoms with van der Waals surface area (Å²) in [4.78, 5) is 31.7. The molecule has 0 spiro atoms. The minimum atomic E-state index is -0.262. The third kappa shape index (κ3) is 4.74. The van der Waals surface area contributed by atoms with E-state index >= 15 is 0 Å². The van der Waals surface area contributed by atoms with Crippen molar-refractivity contribution in [2.24, 2.45) is 0 Å². The van der Waals surface area contributed by atoms with Gasteiger partial charge in [-0.05, 0) is 25.3 Å². The molecule has 1 saturated carbocycles. The number of aromatic nitrogens is 2. The molecule has 4 rings (SSSR count). The van der Waals surface area contributed by atoms with Crippen molar-refractivity contribution in [3.63, 3.8) is 0 Å². The van der Waals surface area contributed by atoms with E-state index < -0.39 is 0 Å². The Morgan fingerprint density at radius 3 is 2.74 bits per heavy atom. The van der Waals surface area contributed by atoms with E-state index in [4.69, 9.17) is 9.26 Å². The lowest BCUT2D eigenvalue weighted by molar-refractivity contribution is -0.121. The largest absolute Gasteiger partial charge is 0.385 e. The summed E-state index contributed by atoms with van der Waals surface area (Å²) in [5.74, 6) is -0.134. The van der Waals surface area contributed by atoms with E-state index in [1.807, 2.05) is 36.4 Å². The standard InChI is InChI=1S/C23H26N4O4/c1-27(14-19(28)24-11-6-12-30-2)23(29)17-13-18(15-9-10-15)25-22-20(17)21(26-31-22)16-7-4-3-5-8-16/h3-5,7-8,13,15H,6,9-12,14H2,1-2H3,(H,24,28). The molecule has 2 aromatic heterocycles. The number of hydrogen-bond acceptors (Lipinski definition) is 6. The van der Waals surface area contributed by atoms with Crippen molar-refractivity contribution < 1.29 is 18.8 Å². The number of fused-ring (bicyclic) bond motifs is 1. The number of amides is 2. The minimum absolute atomic E-state index is 0.0413. The fraction of sp³-hybridized carbons (Fsp3) is 0.391. The van der Waals surface area contributed by atoms with Crippen LogP contribution in [0.3, 0.4) is 0 Å². The van der Waals surface area contributed by atoms with Crippen LogP contribution in [-0.4, -0.2) is 60.7 Å². The molecule has 1 N–H and O–H groups in total. The Bertz CT molecular complexity index is 1080. The Hall–Kier alpha value is -3.26. The molecule has 0 aliphatic heterocycles. The number of ether oxygens (including phenoxy) is 1. The quantitative estimate of drug-likeness (QED) is 0.533. The number of pyridine rings is 1. The highest BCUT2D eigenvalue weighted by Crippen LogP contribution is 2.41. The molecule has 0 bridgehead atoms. The summed E-state index contributed by atoms with van der Waals surface area (Å²) in [5, 5.41) is 7.59. The number of rotatable bonds is 9. The van der Waals surface area contributed by atoms with Crippen LogP contribution in [0.25, 0.3) is 22.4 Å². The number of methoxy groups -OCH3 is 1. The molecular weight excluding hydrogens is 396 g/mol. The Balaban J connectivity index is 1.62. The molecule has 31 heavy (non-hydrogen) atoms. The second kappa shape index (κ2) is 9.26. The van der Waals surface area contributed by atoms with Crippen molar-refractivity contribution in [1.82, 2.24) is 20.4 Å². The van der Waals surface area contributed by atoms with Crippen molar-refractivity contribution in [3.05, 3.63) is 47.7 Å². The van der Waals surface area contributed by atoms with Crippen LogP contribution in [0.4, 0.5) is 0 Å². The van der Waals surface area contributed by atoms with Gasteiger partial charge in [-0.2, -0.15) is 0 Å². The average Bonchev–Trinajstić information content (AvgIpc) is 3.55. The molecule has 8 nitrogen and oxygen atoms in total. The maximum absolute atomic E-state index is 13.4. The molecule has 0 saturated heterocycles. The lowest BCUT2D eigenvalue weighted by atomic mass is 10.0. The number of nitrogens with zero attached hydrogens (tertiary/aromatic N) is 3. The van der Waals surface area contributed by atoms with E-state index in [-0.39, 0.29) is 18.4 Å². The summed E-state index contributed by atoms with van der Waals surface area (Å²) < 4.78 is 10.5. The van der Waals surface area contributed by atoms with Crippen molar-refractivity contribution in [2.75, 3.05) is 33.9 Å². The minimum Gasteiger partial charge on any atom is -0.385 e. The van der Waals surface area contributed by atoms with Crippen molar-refractivity contribution in [3.8, 4) is 11.3 Å². The Morgan fingerprint density at radius 1 is 1.26 bits per heavy atom. The van der Waals surface area contributed by atoms with Gasteiger partial charge in [0.2, 0.25) is 5.91 Å². The van der Waals surface area contributed by atoms with Crippen molar-refractivity contribution in [1.29, 1.82) is 0 Å². The third-order valence-corrected chi connectivity index (χ3v) is 5.31. The molecule has 2 heterocycles. The summed E-state index contributed by atoms with van der Waals surface area (Å²) in [7, 11) is 3.24. The van der Waals surface area contributed by atoms with Crippen LogP contribution in [0, 0.1) is 0 Å². The number of nitrogens with one attached hydrogen (secondary N) is 1. The molecular formula is C23H26N4O4. The Labute approximate surface area is 180 Å². The van der Waals surface area contributed by atoms with Gasteiger partial charge in [0.15, 0.2) is 0 Å². The molecule has 8 heteroatoms. The topological polar surface area (TPSA) is 97.6 Å². The first-order valence-electron chi connectivity index (χ1n) is 10.5. The molecule has 0 unspecified atom stereocenters. The number of hydrogen-bond donors (Lipinski definition) is 1. The van der Waals surface area contributed by atoms with Gasteiger partial charge in [0.05, 0.1) is 17.5 Å². The highest BCUT2D eigenvalue weighted by Gasteiger charge is 2.30. The van der Waals surface area contributed by atoms with Crippen LogP contribution < -0.4 is 5.32 Å². The number of benzene rings is 1. The van der Waals surface area contributed by atoms with Gasteiger partial charge in [0.1, 0.15) is 5.69 Å². The SMILES string of the molecule is COCCCNC(=O)CN(C)C(=O)c1cc(C2CC2)nc2onc(-c3ccccc3)c12. The van der Waals surface area contributed by atoms with E-state index in [0.717, 1.165) is 30.5 Å². The van der Waals surface area contributed by atoms with E-state index in [2.05, 4.69) is 15.5 Å². The van der Waals surface area contributed by atoms with E-state index in [1.54, 1.807) is 14.2 Å². The zero-order valence-electron chi connectivity index (χ0n) is 17.8. The highest BCUT2D eigenvalue weighted by molar-refractivity contribution is 6.10. The fourth-order valence-electron chi connectivity index (χ4n) is 3.51. The van der Waals surface area contributed by atoms with Gasteiger partial charge in [-0.1, -0.05) is 35.5 Å². The number of carbonyl (C=O) groups excluding carboxylic acids is 2. The average molecular weight is 422 g/mol. The summed E-state index contributed by atoms with van der Waals surface area (Å²) in [6.07, 6.45) is 2.81. The van der Waals surface area contributed by atoms with Crippen LogP contribution >= 0.6 is 0 Å². The first kappa shape index (κ1) is 21.0. The number of carbonyl (C=O) groups is 2. The zero-order valence-corrected chi connectivity index (χ0v) is 17.8. The summed E-state index contributed by atoms with van der Waals surface area (Å²) >= 11 is 0. The smallest absolute Gasteiger partial charge is 0.259 e. The molecule has 1 aliphatic rings. The van der Waals surface area contributed by atoms with Gasteiger partial charge in [-0.3, -0.25) is 9.59 Å². The lowest BCUT2D eigenvalue weighted by Crippen LogP contribution is -2.39. The van der Waals surface area contributed by atoms with Crippen LogP contribution in [-0.2, 0) is 9.53 Å². The highest BCUT2D eigenvalue weighted by atomic mass is 16.5. The molecule has 1 aliphatic carbocycles. The molecule has 3 aromatic rings. The zero-order chi connectivity index (χ0) is 21.8. The first-order valence-corrected chi connectivity index (χ1v) is 10.5. The van der Waals surface area contributed by atoms with Gasteiger partial charge in [-0.15, -0.1) is 0 Å². The normalized spacial score (nSPS) is 13.4. The molecule has 162 valence electrons. The van der Waals surface area contributed by atoms with E-state index in [0.29, 0.717) is 41.4 Å². The predicted molar refractivity (Wildman–Crippen MR) is 116 cm³/mol. The fourth-order valence-corrected chi connectivity index (χ4v) is 3.51. The molecule has 1 fully saturated rings. The van der Waals surface area contributed by atoms with Crippen LogP contribution in [0.5, 0.6) is 0 Å². The Kier molecular flexibility index (Phi) is 6.27. The molecule has 2 amide bonds. The summed E-state index contributed by atoms with van der Waals surface area (Å²) in [6.45, 7) is 1.04. The van der Waals surface area contributed by atoms with Crippen molar-refractivity contribution >= 4 is 22.9 Å². The van der Waals surface area contributed by atoms with Gasteiger partial charge >= 0.3 is 0 Å². The maximum Gasteiger partial charge on any atom is 0.259 e. The second-order valence-corrected chi connectivity index (χ2v) is 7.80. The van der Waals surface area contributed by atoms with Crippen LogP contribution in [0.2, 0.25) is 0 Å². The summed E-state index contributed by atoms with van der Waals surface area (Å²) in [6, 6.07) is 11.4. The number of likely N-dealkylation sites (N-methyl/N-ethyl adjacent to an activating group) is 1. The first-order chi connectivity index (χ1) is 15.1. The van der Waals surface area contributed by atoms with Crippen LogP contribution in [0.1, 0.15) is 41.2 Å². The predicted octanol–water partition coefficient (Wildman–Crippen LogP) is 2.99. The third-order valence-electron chi connectivity index (χ3n) is 5.31.